The van der Waals surface area contributed by atoms with Crippen molar-refractivity contribution >= 4 is 11.5 Å². The molecule has 0 radical (unpaired) electrons. The molecule has 0 N–H and O–H groups in total. The Morgan fingerprint density at radius 3 is 2.94 bits per heavy atom. The Balaban J connectivity index is 1.82. The van der Waals surface area contributed by atoms with Crippen molar-refractivity contribution in [3.8, 4) is 0 Å². The summed E-state index contributed by atoms with van der Waals surface area (Å²) in [6, 6.07) is 3.61. The van der Waals surface area contributed by atoms with Gasteiger partial charge in [-0.25, -0.2) is 0 Å². The average molecular weight is 221 g/mol. The number of nitrogens with zero attached hydrogens (tertiary/aromatic N) is 3. The van der Waals surface area contributed by atoms with Crippen LogP contribution >= 0.6 is 0 Å². The molecule has 6 heteroatoms. The second kappa shape index (κ2) is 3.41. The zero-order valence-electron chi connectivity index (χ0n) is 8.57. The van der Waals surface area contributed by atoms with Crippen LogP contribution < -0.4 is 4.90 Å². The van der Waals surface area contributed by atoms with Crippen LogP contribution in [-0.4, -0.2) is 35.2 Å². The van der Waals surface area contributed by atoms with Crippen LogP contribution in [0.2, 0.25) is 0 Å². The smallest absolute Gasteiger partial charge is 0.363 e. The molecule has 1 unspecified atom stereocenters. The van der Waals surface area contributed by atoms with Crippen LogP contribution in [-0.2, 0) is 4.74 Å². The van der Waals surface area contributed by atoms with Crippen LogP contribution in [0, 0.1) is 10.1 Å². The second-order valence-corrected chi connectivity index (χ2v) is 4.13. The molecule has 1 aromatic heterocycles. The number of fused-ring (bicyclic) bond motifs is 2. The van der Waals surface area contributed by atoms with Crippen molar-refractivity contribution in [2.24, 2.45) is 0 Å². The highest BCUT2D eigenvalue weighted by atomic mass is 16.6. The van der Waals surface area contributed by atoms with Crippen LogP contribution in [0.5, 0.6) is 0 Å². The van der Waals surface area contributed by atoms with Crippen molar-refractivity contribution in [1.29, 1.82) is 0 Å². The summed E-state index contributed by atoms with van der Waals surface area (Å²) in [7, 11) is 0. The molecule has 16 heavy (non-hydrogen) atoms. The first kappa shape index (κ1) is 9.53. The molecule has 0 aromatic carbocycles. The molecule has 2 bridgehead atoms. The van der Waals surface area contributed by atoms with E-state index in [-0.39, 0.29) is 5.82 Å². The fourth-order valence-corrected chi connectivity index (χ4v) is 2.37. The van der Waals surface area contributed by atoms with Crippen molar-refractivity contribution in [1.82, 2.24) is 4.98 Å². The molecule has 6 nitrogen and oxygen atoms in total. The highest BCUT2D eigenvalue weighted by Crippen LogP contribution is 2.32. The maximum absolute atomic E-state index is 10.5. The monoisotopic (exact) mass is 221 g/mol. The lowest BCUT2D eigenvalue weighted by molar-refractivity contribution is -0.389. The Bertz CT molecular complexity index is 420. The second-order valence-electron chi connectivity index (χ2n) is 4.13. The molecular formula is C10H11N3O3. The van der Waals surface area contributed by atoms with Crippen molar-refractivity contribution in [2.45, 2.75) is 18.6 Å². The minimum Gasteiger partial charge on any atom is -0.374 e. The van der Waals surface area contributed by atoms with Crippen LogP contribution in [0.4, 0.5) is 11.5 Å². The van der Waals surface area contributed by atoms with E-state index >= 15 is 0 Å². The number of morpholine rings is 1. The Kier molecular flexibility index (Phi) is 2.03. The van der Waals surface area contributed by atoms with E-state index in [9.17, 15) is 10.1 Å². The zero-order valence-corrected chi connectivity index (χ0v) is 8.57. The minimum absolute atomic E-state index is 0.107. The number of nitro groups is 1. The van der Waals surface area contributed by atoms with Crippen molar-refractivity contribution in [3.05, 3.63) is 28.4 Å². The summed E-state index contributed by atoms with van der Waals surface area (Å²) >= 11 is 0. The third kappa shape index (κ3) is 1.42. The van der Waals surface area contributed by atoms with Crippen LogP contribution in [0.1, 0.15) is 6.42 Å². The molecule has 0 amide bonds. The fourth-order valence-electron chi connectivity index (χ4n) is 2.37. The average Bonchev–Trinajstić information content (AvgIpc) is 2.91. The standard InChI is InChI=1S/C10H11N3O3/c14-13(15)10-2-1-7(4-11-10)12-5-9-3-8(12)6-16-9/h1-2,4,8-9H,3,5-6H2/t8-,9?/m1/s1. The maximum Gasteiger partial charge on any atom is 0.363 e. The van der Waals surface area contributed by atoms with Gasteiger partial charge < -0.3 is 19.8 Å². The van der Waals surface area contributed by atoms with E-state index in [0.29, 0.717) is 12.1 Å². The third-order valence-corrected chi connectivity index (χ3v) is 3.15. The topological polar surface area (TPSA) is 68.5 Å². The minimum atomic E-state index is -0.483. The van der Waals surface area contributed by atoms with Crippen LogP contribution in [0.3, 0.4) is 0 Å². The largest absolute Gasteiger partial charge is 0.374 e. The molecule has 2 fully saturated rings. The molecule has 84 valence electrons. The zero-order chi connectivity index (χ0) is 11.1. The Morgan fingerprint density at radius 1 is 1.56 bits per heavy atom. The lowest BCUT2D eigenvalue weighted by atomic mass is 10.2. The summed E-state index contributed by atoms with van der Waals surface area (Å²) in [6.45, 7) is 1.62. The van der Waals surface area contributed by atoms with Gasteiger partial charge in [-0.2, -0.15) is 0 Å². The SMILES string of the molecule is O=[N+]([O-])c1ccc(N2CC3C[C@@H]2CO3)cn1. The molecule has 1 aromatic rings. The maximum atomic E-state index is 10.5. The predicted octanol–water partition coefficient (Wildman–Crippen LogP) is 0.967. The van der Waals surface area contributed by atoms with Gasteiger partial charge in [0.25, 0.3) is 0 Å². The van der Waals surface area contributed by atoms with E-state index in [2.05, 4.69) is 9.88 Å². The summed E-state index contributed by atoms with van der Waals surface area (Å²) in [6.07, 6.45) is 2.94. The lowest BCUT2D eigenvalue weighted by Gasteiger charge is -2.27. The quantitative estimate of drug-likeness (QED) is 0.549. The highest BCUT2D eigenvalue weighted by molar-refractivity contribution is 5.49. The van der Waals surface area contributed by atoms with Crippen molar-refractivity contribution in [3.63, 3.8) is 0 Å². The molecule has 0 saturated carbocycles. The number of aromatic nitrogens is 1. The summed E-state index contributed by atoms with van der Waals surface area (Å²) in [5.74, 6) is -0.107. The fraction of sp³-hybridized carbons (Fsp3) is 0.500. The van der Waals surface area contributed by atoms with Crippen molar-refractivity contribution < 1.29 is 9.66 Å². The normalized spacial score (nSPS) is 27.4. The summed E-state index contributed by atoms with van der Waals surface area (Å²) < 4.78 is 5.50. The number of hydrogen-bond donors (Lipinski definition) is 0. The van der Waals surface area contributed by atoms with Gasteiger partial charge in [0.2, 0.25) is 0 Å². The molecule has 2 aliphatic heterocycles. The van der Waals surface area contributed by atoms with Crippen molar-refractivity contribution in [2.75, 3.05) is 18.1 Å². The first-order chi connectivity index (χ1) is 7.74. The Hall–Kier alpha value is -1.69. The van der Waals surface area contributed by atoms with Gasteiger partial charge in [0, 0.05) is 12.6 Å². The molecule has 3 rings (SSSR count). The number of anilines is 1. The number of hydrogen-bond acceptors (Lipinski definition) is 5. The van der Waals surface area contributed by atoms with Gasteiger partial charge >= 0.3 is 5.82 Å². The molecule has 3 heterocycles. The van der Waals surface area contributed by atoms with E-state index < -0.39 is 4.92 Å². The van der Waals surface area contributed by atoms with E-state index in [1.54, 1.807) is 12.3 Å². The van der Waals surface area contributed by atoms with Gasteiger partial charge in [0.15, 0.2) is 6.20 Å². The van der Waals surface area contributed by atoms with E-state index in [1.807, 2.05) is 0 Å². The molecule has 0 spiro atoms. The Labute approximate surface area is 92.0 Å². The van der Waals surface area contributed by atoms with Gasteiger partial charge in [0.05, 0.1) is 24.4 Å². The van der Waals surface area contributed by atoms with Gasteiger partial charge in [0.1, 0.15) is 0 Å². The molecular weight excluding hydrogens is 210 g/mol. The highest BCUT2D eigenvalue weighted by Gasteiger charge is 2.39. The molecule has 2 aliphatic rings. The molecule has 2 atom stereocenters. The van der Waals surface area contributed by atoms with Crippen LogP contribution in [0.15, 0.2) is 18.3 Å². The lowest BCUT2D eigenvalue weighted by Crippen LogP contribution is -2.36. The van der Waals surface area contributed by atoms with Gasteiger partial charge in [-0.15, -0.1) is 0 Å². The van der Waals surface area contributed by atoms with E-state index in [4.69, 9.17) is 4.74 Å². The van der Waals surface area contributed by atoms with Crippen LogP contribution in [0.25, 0.3) is 0 Å². The molecule has 0 aliphatic carbocycles. The Morgan fingerprint density at radius 2 is 2.44 bits per heavy atom. The summed E-state index contributed by atoms with van der Waals surface area (Å²) in [5, 5.41) is 10.5. The van der Waals surface area contributed by atoms with Gasteiger partial charge in [-0.05, 0) is 22.4 Å². The summed E-state index contributed by atoms with van der Waals surface area (Å²) in [5.41, 5.74) is 0.946. The first-order valence-corrected chi connectivity index (χ1v) is 5.23. The number of rotatable bonds is 2. The number of pyridine rings is 1. The van der Waals surface area contributed by atoms with E-state index in [1.165, 1.54) is 6.07 Å². The van der Waals surface area contributed by atoms with Gasteiger partial charge in [-0.1, -0.05) is 0 Å². The van der Waals surface area contributed by atoms with Gasteiger partial charge in [-0.3, -0.25) is 0 Å². The number of ether oxygens (including phenoxy) is 1. The first-order valence-electron chi connectivity index (χ1n) is 5.23. The third-order valence-electron chi connectivity index (χ3n) is 3.15. The van der Waals surface area contributed by atoms with E-state index in [0.717, 1.165) is 25.3 Å². The summed E-state index contributed by atoms with van der Waals surface area (Å²) in [4.78, 5) is 16.0. The predicted molar refractivity (Wildman–Crippen MR) is 56.4 cm³/mol. The molecule has 2 saturated heterocycles.